The molecule has 2 heterocycles. The van der Waals surface area contributed by atoms with Crippen LogP contribution in [-0.2, 0) is 19.6 Å². The van der Waals surface area contributed by atoms with Crippen LogP contribution in [0.4, 0.5) is 11.5 Å². The van der Waals surface area contributed by atoms with Crippen LogP contribution < -0.4 is 10.0 Å². The van der Waals surface area contributed by atoms with Crippen molar-refractivity contribution in [2.24, 2.45) is 0 Å². The summed E-state index contributed by atoms with van der Waals surface area (Å²) in [6.07, 6.45) is 1.89. The summed E-state index contributed by atoms with van der Waals surface area (Å²) >= 11 is 7.10. The first-order chi connectivity index (χ1) is 18.2. The number of nitrogens with one attached hydrogen (secondary N) is 2. The van der Waals surface area contributed by atoms with E-state index in [1.807, 2.05) is 17.7 Å². The third-order valence-electron chi connectivity index (χ3n) is 4.99. The maximum atomic E-state index is 12.5. The molecule has 0 saturated carbocycles. The van der Waals surface area contributed by atoms with Gasteiger partial charge in [0.05, 0.1) is 10.5 Å². The number of carbonyl (C=O) groups is 2. The molecule has 4 aromatic rings. The first kappa shape index (κ1) is 27.0. The molecule has 0 saturated heterocycles. The molecule has 0 bridgehead atoms. The topological polar surface area (TPSA) is 158 Å². The van der Waals surface area contributed by atoms with Crippen LogP contribution in [0.2, 0.25) is 5.15 Å². The molecule has 0 aliphatic carbocycles. The number of nitrogens with zero attached hydrogens (tertiary/aromatic N) is 5. The number of aryl methyl sites for hydroxylation is 1. The molecule has 0 radical (unpaired) electrons. The number of thioether (sulfide) groups is 1. The van der Waals surface area contributed by atoms with Crippen LogP contribution in [0.5, 0.6) is 0 Å². The third kappa shape index (κ3) is 6.45. The fourth-order valence-corrected chi connectivity index (χ4v) is 4.85. The van der Waals surface area contributed by atoms with E-state index in [2.05, 4.69) is 30.4 Å². The molecule has 4 rings (SSSR count). The van der Waals surface area contributed by atoms with Gasteiger partial charge in [0.2, 0.25) is 0 Å². The minimum absolute atomic E-state index is 0.00166. The molecule has 0 unspecified atom stereocenters. The molecule has 2 aromatic carbocycles. The molecular formula is C23H20ClN7O5S2. The van der Waals surface area contributed by atoms with Gasteiger partial charge in [0.1, 0.15) is 5.82 Å². The summed E-state index contributed by atoms with van der Waals surface area (Å²) in [5.74, 6) is -0.555. The highest BCUT2D eigenvalue weighted by atomic mass is 35.5. The molecular weight excluding hydrogens is 554 g/mol. The molecule has 196 valence electrons. The van der Waals surface area contributed by atoms with Gasteiger partial charge < -0.3 is 10.1 Å². The molecule has 0 fully saturated rings. The van der Waals surface area contributed by atoms with Gasteiger partial charge in [-0.05, 0) is 73.8 Å². The highest BCUT2D eigenvalue weighted by molar-refractivity contribution is 7.98. The Kier molecular flexibility index (Phi) is 8.24. The summed E-state index contributed by atoms with van der Waals surface area (Å²) < 4.78 is 34.2. The molecule has 15 heteroatoms. The number of anilines is 2. The second kappa shape index (κ2) is 11.6. The second-order valence-corrected chi connectivity index (χ2v) is 10.5. The molecule has 0 aliphatic heterocycles. The van der Waals surface area contributed by atoms with Crippen LogP contribution in [0.15, 0.2) is 70.7 Å². The van der Waals surface area contributed by atoms with Gasteiger partial charge in [-0.15, -0.1) is 20.4 Å². The zero-order valence-corrected chi connectivity index (χ0v) is 22.3. The third-order valence-corrected chi connectivity index (χ3v) is 7.19. The van der Waals surface area contributed by atoms with Crippen LogP contribution in [-0.4, -0.2) is 58.1 Å². The van der Waals surface area contributed by atoms with Gasteiger partial charge in [-0.1, -0.05) is 23.4 Å². The van der Waals surface area contributed by atoms with Crippen molar-refractivity contribution in [3.05, 3.63) is 77.2 Å². The number of ether oxygens (including phenoxy) is 1. The van der Waals surface area contributed by atoms with Gasteiger partial charge in [-0.25, -0.2) is 13.2 Å². The molecule has 2 N–H and O–H groups in total. The minimum atomic E-state index is -3.93. The number of halogens is 1. The van der Waals surface area contributed by atoms with Crippen LogP contribution in [0.3, 0.4) is 0 Å². The molecule has 0 aliphatic rings. The predicted octanol–water partition coefficient (Wildman–Crippen LogP) is 3.34. The van der Waals surface area contributed by atoms with E-state index in [1.165, 1.54) is 48.2 Å². The average molecular weight is 574 g/mol. The number of hydrogen-bond donors (Lipinski definition) is 2. The Morgan fingerprint density at radius 1 is 0.974 bits per heavy atom. The summed E-state index contributed by atoms with van der Waals surface area (Å²) in [6, 6.07) is 14.8. The van der Waals surface area contributed by atoms with Crippen molar-refractivity contribution in [1.82, 2.24) is 25.0 Å². The van der Waals surface area contributed by atoms with Crippen LogP contribution in [0.1, 0.15) is 16.2 Å². The van der Waals surface area contributed by atoms with E-state index < -0.39 is 28.5 Å². The fraction of sp³-hybridized carbons (Fsp3) is 0.130. The first-order valence-corrected chi connectivity index (χ1v) is 13.9. The Hall–Kier alpha value is -4.01. The monoisotopic (exact) mass is 573 g/mol. The summed E-state index contributed by atoms with van der Waals surface area (Å²) in [7, 11) is -3.93. The second-order valence-electron chi connectivity index (χ2n) is 7.61. The lowest BCUT2D eigenvalue weighted by atomic mass is 10.2. The van der Waals surface area contributed by atoms with E-state index in [4.69, 9.17) is 16.3 Å². The molecule has 0 spiro atoms. The van der Waals surface area contributed by atoms with E-state index in [0.29, 0.717) is 16.7 Å². The lowest BCUT2D eigenvalue weighted by Gasteiger charge is -2.10. The van der Waals surface area contributed by atoms with E-state index in [0.717, 1.165) is 5.69 Å². The number of amides is 1. The minimum Gasteiger partial charge on any atom is -0.452 e. The van der Waals surface area contributed by atoms with Crippen LogP contribution in [0, 0.1) is 6.92 Å². The van der Waals surface area contributed by atoms with Gasteiger partial charge in [0.25, 0.3) is 15.9 Å². The van der Waals surface area contributed by atoms with Crippen LogP contribution in [0.25, 0.3) is 5.69 Å². The summed E-state index contributed by atoms with van der Waals surface area (Å²) in [5, 5.41) is 18.7. The largest absolute Gasteiger partial charge is 0.452 e. The van der Waals surface area contributed by atoms with Crippen LogP contribution >= 0.6 is 23.4 Å². The van der Waals surface area contributed by atoms with E-state index in [1.54, 1.807) is 24.3 Å². The van der Waals surface area contributed by atoms with Gasteiger partial charge in [-0.3, -0.25) is 14.1 Å². The molecule has 38 heavy (non-hydrogen) atoms. The van der Waals surface area contributed by atoms with Crippen molar-refractivity contribution < 1.29 is 22.7 Å². The zero-order chi connectivity index (χ0) is 27.3. The lowest BCUT2D eigenvalue weighted by Crippen LogP contribution is -2.21. The van der Waals surface area contributed by atoms with Gasteiger partial charge >= 0.3 is 5.97 Å². The molecule has 2 aromatic heterocycles. The number of aromatic nitrogens is 5. The lowest BCUT2D eigenvalue weighted by molar-refractivity contribution is -0.119. The Labute approximate surface area is 226 Å². The number of benzene rings is 2. The Morgan fingerprint density at radius 2 is 1.68 bits per heavy atom. The van der Waals surface area contributed by atoms with Crippen molar-refractivity contribution in [1.29, 1.82) is 0 Å². The Balaban J connectivity index is 1.31. The van der Waals surface area contributed by atoms with Gasteiger partial charge in [0.15, 0.2) is 22.7 Å². The quantitative estimate of drug-likeness (QED) is 0.225. The molecule has 0 atom stereocenters. The highest BCUT2D eigenvalue weighted by Gasteiger charge is 2.16. The SMILES string of the molecule is CSc1nnc(C)n1-c1ccc(C(=O)OCC(=O)Nc2ccc(S(=O)(=O)Nc3ccc(Cl)nn3)cc2)cc1. The standard InChI is InChI=1S/C23H20ClN7O5S2/c1-14-26-29-23(37-2)31(14)17-7-3-15(4-8-17)22(33)36-13-21(32)25-16-5-9-18(10-6-16)38(34,35)30-20-12-11-19(24)27-28-20/h3-12H,13H2,1-2H3,(H,25,32)(H,28,30). The maximum absolute atomic E-state index is 12.5. The van der Waals surface area contributed by atoms with Crippen molar-refractivity contribution in [3.63, 3.8) is 0 Å². The Morgan fingerprint density at radius 3 is 2.32 bits per heavy atom. The number of esters is 1. The van der Waals surface area contributed by atoms with Crippen molar-refractivity contribution in [2.75, 3.05) is 22.9 Å². The summed E-state index contributed by atoms with van der Waals surface area (Å²) in [4.78, 5) is 24.6. The van der Waals surface area contributed by atoms with Gasteiger partial charge in [0, 0.05) is 11.4 Å². The first-order valence-electron chi connectivity index (χ1n) is 10.8. The van der Waals surface area contributed by atoms with Crippen molar-refractivity contribution in [2.45, 2.75) is 17.0 Å². The number of carbonyl (C=O) groups excluding carboxylic acids is 2. The normalized spacial score (nSPS) is 11.1. The van der Waals surface area contributed by atoms with Gasteiger partial charge in [-0.2, -0.15) is 0 Å². The molecule has 12 nitrogen and oxygen atoms in total. The number of rotatable bonds is 9. The van der Waals surface area contributed by atoms with E-state index in [-0.39, 0.29) is 21.4 Å². The smallest absolute Gasteiger partial charge is 0.338 e. The maximum Gasteiger partial charge on any atom is 0.338 e. The number of sulfonamides is 1. The molecule has 1 amide bonds. The highest BCUT2D eigenvalue weighted by Crippen LogP contribution is 2.21. The summed E-state index contributed by atoms with van der Waals surface area (Å²) in [5.41, 5.74) is 1.37. The van der Waals surface area contributed by atoms with E-state index >= 15 is 0 Å². The summed E-state index contributed by atoms with van der Waals surface area (Å²) in [6.45, 7) is 1.30. The number of hydrogen-bond acceptors (Lipinski definition) is 10. The fourth-order valence-electron chi connectivity index (χ4n) is 3.21. The Bertz CT molecular complexity index is 1560. The zero-order valence-electron chi connectivity index (χ0n) is 20.0. The van der Waals surface area contributed by atoms with E-state index in [9.17, 15) is 18.0 Å². The average Bonchev–Trinajstić information content (AvgIpc) is 3.29. The van der Waals surface area contributed by atoms with Crippen molar-refractivity contribution in [3.8, 4) is 5.69 Å². The predicted molar refractivity (Wildman–Crippen MR) is 141 cm³/mol. The van der Waals surface area contributed by atoms with Crippen molar-refractivity contribution >= 4 is 56.8 Å².